The Bertz CT molecular complexity index is 917. The number of nitro groups is 1. The first-order valence-electron chi connectivity index (χ1n) is 11.1. The van der Waals surface area contributed by atoms with Gasteiger partial charge in [0.15, 0.2) is 0 Å². The molecule has 0 aliphatic carbocycles. The summed E-state index contributed by atoms with van der Waals surface area (Å²) in [5.41, 5.74) is 0.320. The van der Waals surface area contributed by atoms with Crippen LogP contribution in [0.3, 0.4) is 0 Å². The van der Waals surface area contributed by atoms with Crippen LogP contribution >= 0.6 is 0 Å². The second-order valence-corrected chi connectivity index (χ2v) is 9.34. The standard InChI is InChI=1S/C22H31N5O4S/c1-3-4-5-6-13-26-14-11-18(12-15-26)31-22-20(27(28)29)21(23-16-24-22)25-17-7-9-19(10-8-17)32(2)30/h7-10,16,18H,3-6,11-15H2,1-2H3,(H,23,24,25). The highest BCUT2D eigenvalue weighted by Crippen LogP contribution is 2.34. The Hall–Kier alpha value is -2.59. The average Bonchev–Trinajstić information content (AvgIpc) is 2.78. The molecule has 1 aromatic carbocycles. The third kappa shape index (κ3) is 6.70. The quantitative estimate of drug-likeness (QED) is 0.300. The number of piperidine rings is 1. The lowest BCUT2D eigenvalue weighted by Crippen LogP contribution is -2.38. The number of aromatic nitrogens is 2. The van der Waals surface area contributed by atoms with Gasteiger partial charge in [-0.25, -0.2) is 4.98 Å². The SMILES string of the molecule is CCCCCCN1CCC(Oc2ncnc(Nc3ccc(S(C)=O)cc3)c2[N+](=O)[O-])CC1. The number of nitrogens with zero attached hydrogens (tertiary/aromatic N) is 4. The van der Waals surface area contributed by atoms with Gasteiger partial charge in [0.25, 0.3) is 5.88 Å². The van der Waals surface area contributed by atoms with E-state index in [2.05, 4.69) is 27.1 Å². The smallest absolute Gasteiger partial charge is 0.373 e. The van der Waals surface area contributed by atoms with Gasteiger partial charge in [0.1, 0.15) is 12.4 Å². The molecule has 32 heavy (non-hydrogen) atoms. The fourth-order valence-electron chi connectivity index (χ4n) is 3.74. The first-order chi connectivity index (χ1) is 15.5. The van der Waals surface area contributed by atoms with Crippen LogP contribution in [0.1, 0.15) is 45.4 Å². The highest BCUT2D eigenvalue weighted by molar-refractivity contribution is 7.84. The predicted molar refractivity (Wildman–Crippen MR) is 125 cm³/mol. The molecule has 10 heteroatoms. The molecule has 174 valence electrons. The Labute approximate surface area is 191 Å². The van der Waals surface area contributed by atoms with Crippen LogP contribution in [0.2, 0.25) is 0 Å². The van der Waals surface area contributed by atoms with Gasteiger partial charge in [-0.1, -0.05) is 26.2 Å². The Balaban J connectivity index is 1.64. The van der Waals surface area contributed by atoms with Crippen molar-refractivity contribution in [1.82, 2.24) is 14.9 Å². The van der Waals surface area contributed by atoms with Crippen molar-refractivity contribution >= 4 is 28.0 Å². The van der Waals surface area contributed by atoms with E-state index in [4.69, 9.17) is 4.74 Å². The molecule has 2 aromatic rings. The molecule has 0 spiro atoms. The van der Waals surface area contributed by atoms with E-state index in [1.807, 2.05) is 0 Å². The Morgan fingerprint density at radius 3 is 2.53 bits per heavy atom. The first kappa shape index (κ1) is 24.1. The third-order valence-electron chi connectivity index (χ3n) is 5.56. The molecule has 0 bridgehead atoms. The maximum atomic E-state index is 11.8. The molecular weight excluding hydrogens is 430 g/mol. The van der Waals surface area contributed by atoms with Crippen LogP contribution in [0.5, 0.6) is 5.88 Å². The van der Waals surface area contributed by atoms with Crippen LogP contribution in [-0.2, 0) is 10.8 Å². The van der Waals surface area contributed by atoms with E-state index in [0.717, 1.165) is 32.5 Å². The monoisotopic (exact) mass is 461 g/mol. The number of ether oxygens (including phenoxy) is 1. The second kappa shape index (κ2) is 11.9. The van der Waals surface area contributed by atoms with E-state index >= 15 is 0 Å². The van der Waals surface area contributed by atoms with Gasteiger partial charge >= 0.3 is 5.69 Å². The summed E-state index contributed by atoms with van der Waals surface area (Å²) in [6.45, 7) is 5.15. The summed E-state index contributed by atoms with van der Waals surface area (Å²) in [5, 5.41) is 14.8. The number of anilines is 2. The van der Waals surface area contributed by atoms with Crippen molar-refractivity contribution in [2.45, 2.75) is 56.4 Å². The van der Waals surface area contributed by atoms with Crippen molar-refractivity contribution in [1.29, 1.82) is 0 Å². The molecule has 2 heterocycles. The molecule has 1 aliphatic heterocycles. The van der Waals surface area contributed by atoms with Crippen molar-refractivity contribution in [3.05, 3.63) is 40.7 Å². The van der Waals surface area contributed by atoms with Gasteiger partial charge in [-0.3, -0.25) is 14.3 Å². The lowest BCUT2D eigenvalue weighted by molar-refractivity contribution is -0.385. The number of hydrogen-bond donors (Lipinski definition) is 1. The van der Waals surface area contributed by atoms with Crippen LogP contribution in [0, 0.1) is 10.1 Å². The number of likely N-dealkylation sites (tertiary alicyclic amines) is 1. The lowest BCUT2D eigenvalue weighted by atomic mass is 10.1. The fraction of sp³-hybridized carbons (Fsp3) is 0.545. The van der Waals surface area contributed by atoms with E-state index in [9.17, 15) is 14.3 Å². The zero-order valence-electron chi connectivity index (χ0n) is 18.7. The first-order valence-corrected chi connectivity index (χ1v) is 12.6. The van der Waals surface area contributed by atoms with Crippen molar-refractivity contribution in [3.63, 3.8) is 0 Å². The molecule has 1 saturated heterocycles. The Kier molecular flexibility index (Phi) is 8.92. The van der Waals surface area contributed by atoms with E-state index < -0.39 is 15.7 Å². The number of benzene rings is 1. The van der Waals surface area contributed by atoms with Crippen LogP contribution in [-0.4, -0.2) is 56.0 Å². The zero-order valence-corrected chi connectivity index (χ0v) is 19.5. The molecule has 1 N–H and O–H groups in total. The average molecular weight is 462 g/mol. The third-order valence-corrected chi connectivity index (χ3v) is 6.50. The van der Waals surface area contributed by atoms with Crippen molar-refractivity contribution in [2.75, 3.05) is 31.2 Å². The van der Waals surface area contributed by atoms with Crippen LogP contribution < -0.4 is 10.1 Å². The molecule has 3 rings (SSSR count). The van der Waals surface area contributed by atoms with Gasteiger partial charge in [0.2, 0.25) is 5.82 Å². The van der Waals surface area contributed by atoms with Gasteiger partial charge in [0, 0.05) is 40.7 Å². The minimum Gasteiger partial charge on any atom is -0.469 e. The molecule has 1 aromatic heterocycles. The Morgan fingerprint density at radius 2 is 1.91 bits per heavy atom. The van der Waals surface area contributed by atoms with E-state index in [-0.39, 0.29) is 23.5 Å². The minimum atomic E-state index is -1.09. The number of rotatable bonds is 11. The van der Waals surface area contributed by atoms with Crippen molar-refractivity contribution < 1.29 is 13.9 Å². The van der Waals surface area contributed by atoms with Crippen LogP contribution in [0.25, 0.3) is 0 Å². The van der Waals surface area contributed by atoms with Gasteiger partial charge < -0.3 is 15.0 Å². The highest BCUT2D eigenvalue weighted by Gasteiger charge is 2.28. The summed E-state index contributed by atoms with van der Waals surface area (Å²) in [4.78, 5) is 22.5. The molecule has 1 aliphatic rings. The van der Waals surface area contributed by atoms with E-state index in [1.165, 1.54) is 32.0 Å². The molecule has 0 saturated carbocycles. The van der Waals surface area contributed by atoms with Crippen LogP contribution in [0.4, 0.5) is 17.2 Å². The number of unbranched alkanes of at least 4 members (excludes halogenated alkanes) is 3. The van der Waals surface area contributed by atoms with Gasteiger partial charge in [-0.2, -0.15) is 4.98 Å². The molecular formula is C22H31N5O4S. The summed E-state index contributed by atoms with van der Waals surface area (Å²) < 4.78 is 17.5. The topological polar surface area (TPSA) is 110 Å². The maximum absolute atomic E-state index is 11.8. The normalized spacial score (nSPS) is 15.9. The predicted octanol–water partition coefficient (Wildman–Crippen LogP) is 4.29. The van der Waals surface area contributed by atoms with Gasteiger partial charge in [0.05, 0.1) is 4.92 Å². The Morgan fingerprint density at radius 1 is 1.19 bits per heavy atom. The largest absolute Gasteiger partial charge is 0.469 e. The van der Waals surface area contributed by atoms with E-state index in [1.54, 1.807) is 30.5 Å². The maximum Gasteiger partial charge on any atom is 0.373 e. The van der Waals surface area contributed by atoms with Crippen molar-refractivity contribution in [2.24, 2.45) is 0 Å². The molecule has 1 atom stereocenters. The van der Waals surface area contributed by atoms with Gasteiger partial charge in [-0.15, -0.1) is 0 Å². The molecule has 1 unspecified atom stereocenters. The summed E-state index contributed by atoms with van der Waals surface area (Å²) in [6.07, 6.45) is 9.35. The van der Waals surface area contributed by atoms with Crippen molar-refractivity contribution in [3.8, 4) is 5.88 Å². The second-order valence-electron chi connectivity index (χ2n) is 7.96. The number of nitrogens with one attached hydrogen (secondary N) is 1. The number of hydrogen-bond acceptors (Lipinski definition) is 8. The van der Waals surface area contributed by atoms with Gasteiger partial charge in [-0.05, 0) is 50.1 Å². The lowest BCUT2D eigenvalue weighted by Gasteiger charge is -2.31. The molecule has 1 fully saturated rings. The summed E-state index contributed by atoms with van der Waals surface area (Å²) >= 11 is 0. The summed E-state index contributed by atoms with van der Waals surface area (Å²) in [5.74, 6) is 0.0545. The minimum absolute atomic E-state index is 0.0137. The van der Waals surface area contributed by atoms with Crippen LogP contribution in [0.15, 0.2) is 35.5 Å². The highest BCUT2D eigenvalue weighted by atomic mass is 32.2. The zero-order chi connectivity index (χ0) is 22.9. The molecule has 9 nitrogen and oxygen atoms in total. The van der Waals surface area contributed by atoms with E-state index in [0.29, 0.717) is 10.6 Å². The molecule has 0 amide bonds. The fourth-order valence-corrected chi connectivity index (χ4v) is 4.26. The summed E-state index contributed by atoms with van der Waals surface area (Å²) in [7, 11) is -1.09. The molecule has 0 radical (unpaired) electrons. The summed E-state index contributed by atoms with van der Waals surface area (Å²) in [6, 6.07) is 6.83.